The first-order valence-electron chi connectivity index (χ1n) is 8.23. The molecule has 0 spiro atoms. The fraction of sp³-hybridized carbons (Fsp3) is 0.158. The highest BCUT2D eigenvalue weighted by Crippen LogP contribution is 2.15. The number of fused-ring (bicyclic) bond motifs is 3. The number of para-hydroxylation sites is 1. The van der Waals surface area contributed by atoms with E-state index in [4.69, 9.17) is 0 Å². The van der Waals surface area contributed by atoms with Gasteiger partial charge in [-0.15, -0.1) is 5.10 Å². The highest BCUT2D eigenvalue weighted by Gasteiger charge is 2.14. The first kappa shape index (κ1) is 16.0. The maximum Gasteiger partial charge on any atom is 0.262 e. The molecule has 0 unspecified atom stereocenters. The van der Waals surface area contributed by atoms with Crippen LogP contribution in [0.1, 0.15) is 11.1 Å². The number of anilines is 1. The van der Waals surface area contributed by atoms with E-state index in [1.807, 2.05) is 38.1 Å². The van der Waals surface area contributed by atoms with Gasteiger partial charge in [-0.1, -0.05) is 23.4 Å². The van der Waals surface area contributed by atoms with Gasteiger partial charge in [-0.25, -0.2) is 0 Å². The van der Waals surface area contributed by atoms with Crippen LogP contribution < -0.4 is 10.9 Å². The summed E-state index contributed by atoms with van der Waals surface area (Å²) in [6.45, 7) is 3.82. The second-order valence-electron chi connectivity index (χ2n) is 6.34. The average Bonchev–Trinajstić information content (AvgIpc) is 3.07. The van der Waals surface area contributed by atoms with Gasteiger partial charge < -0.3 is 5.32 Å². The van der Waals surface area contributed by atoms with Crippen LogP contribution in [-0.2, 0) is 11.3 Å². The highest BCUT2D eigenvalue weighted by atomic mass is 16.2. The van der Waals surface area contributed by atoms with Gasteiger partial charge in [0.1, 0.15) is 6.54 Å². The van der Waals surface area contributed by atoms with Crippen LogP contribution in [0.4, 0.5) is 5.69 Å². The number of rotatable bonds is 3. The normalized spacial score (nSPS) is 11.2. The molecule has 0 fully saturated rings. The third-order valence-corrected chi connectivity index (χ3v) is 4.22. The Morgan fingerprint density at radius 1 is 1.12 bits per heavy atom. The maximum atomic E-state index is 12.9. The quantitative estimate of drug-likeness (QED) is 0.616. The predicted octanol–water partition coefficient (Wildman–Crippen LogP) is 2.30. The molecule has 2 aromatic heterocycles. The molecular formula is C19H17N5O2. The Labute approximate surface area is 148 Å². The Morgan fingerprint density at radius 2 is 1.85 bits per heavy atom. The molecule has 4 aromatic rings. The second-order valence-corrected chi connectivity index (χ2v) is 6.34. The fourth-order valence-electron chi connectivity index (χ4n) is 3.22. The van der Waals surface area contributed by atoms with Gasteiger partial charge in [0.05, 0.1) is 17.1 Å². The van der Waals surface area contributed by atoms with Crippen LogP contribution >= 0.6 is 0 Å². The molecule has 130 valence electrons. The maximum absolute atomic E-state index is 12.9. The van der Waals surface area contributed by atoms with Gasteiger partial charge in [-0.05, 0) is 49.2 Å². The van der Waals surface area contributed by atoms with Crippen LogP contribution in [0.2, 0.25) is 0 Å². The lowest BCUT2D eigenvalue weighted by atomic mass is 10.1. The molecular weight excluding hydrogens is 330 g/mol. The Hall–Kier alpha value is -3.48. The molecule has 4 rings (SSSR count). The molecule has 0 saturated heterocycles. The summed E-state index contributed by atoms with van der Waals surface area (Å²) < 4.78 is 2.96. The molecule has 0 atom stereocenters. The number of carbonyl (C=O) groups is 1. The van der Waals surface area contributed by atoms with Gasteiger partial charge in [0.2, 0.25) is 5.91 Å². The zero-order chi connectivity index (χ0) is 18.3. The number of nitrogens with zero attached hydrogens (tertiary/aromatic N) is 4. The number of amides is 1. The van der Waals surface area contributed by atoms with Crippen molar-refractivity contribution in [1.29, 1.82) is 0 Å². The van der Waals surface area contributed by atoms with Crippen molar-refractivity contribution < 1.29 is 4.79 Å². The van der Waals surface area contributed by atoms with Crippen LogP contribution in [0.5, 0.6) is 0 Å². The smallest absolute Gasteiger partial charge is 0.262 e. The molecule has 1 amide bonds. The lowest BCUT2D eigenvalue weighted by Crippen LogP contribution is -2.29. The van der Waals surface area contributed by atoms with E-state index < -0.39 is 0 Å². The molecule has 0 bridgehead atoms. The number of benzene rings is 2. The van der Waals surface area contributed by atoms with Crippen molar-refractivity contribution in [2.45, 2.75) is 20.4 Å². The minimum Gasteiger partial charge on any atom is -0.325 e. The number of nitrogens with one attached hydrogen (secondary N) is 1. The number of aryl methyl sites for hydroxylation is 2. The van der Waals surface area contributed by atoms with Crippen molar-refractivity contribution in [3.8, 4) is 0 Å². The topological polar surface area (TPSA) is 81.3 Å². The lowest BCUT2D eigenvalue weighted by Gasteiger charge is -2.11. The van der Waals surface area contributed by atoms with Gasteiger partial charge in [0.15, 0.2) is 5.65 Å². The number of aromatic nitrogens is 4. The molecule has 1 N–H and O–H groups in total. The summed E-state index contributed by atoms with van der Waals surface area (Å²) in [5.41, 5.74) is 3.73. The molecule has 0 aliphatic heterocycles. The van der Waals surface area contributed by atoms with Crippen LogP contribution in [0, 0.1) is 13.8 Å². The third kappa shape index (κ3) is 2.73. The van der Waals surface area contributed by atoms with Crippen molar-refractivity contribution >= 4 is 28.1 Å². The van der Waals surface area contributed by atoms with E-state index in [-0.39, 0.29) is 18.0 Å². The van der Waals surface area contributed by atoms with Crippen molar-refractivity contribution in [3.63, 3.8) is 0 Å². The largest absolute Gasteiger partial charge is 0.325 e. The Bertz CT molecular complexity index is 1190. The molecule has 26 heavy (non-hydrogen) atoms. The van der Waals surface area contributed by atoms with Gasteiger partial charge in [0.25, 0.3) is 5.56 Å². The van der Waals surface area contributed by atoms with E-state index in [2.05, 4.69) is 15.6 Å². The molecule has 7 heteroatoms. The van der Waals surface area contributed by atoms with Gasteiger partial charge in [-0.3, -0.25) is 14.2 Å². The molecule has 0 aliphatic carbocycles. The van der Waals surface area contributed by atoms with Crippen molar-refractivity contribution in [1.82, 2.24) is 19.4 Å². The summed E-state index contributed by atoms with van der Waals surface area (Å²) >= 11 is 0. The molecule has 0 saturated carbocycles. The van der Waals surface area contributed by atoms with Gasteiger partial charge in [-0.2, -0.15) is 4.52 Å². The van der Waals surface area contributed by atoms with E-state index in [1.54, 1.807) is 22.7 Å². The zero-order valence-electron chi connectivity index (χ0n) is 14.4. The van der Waals surface area contributed by atoms with E-state index in [1.165, 1.54) is 10.8 Å². The molecule has 2 aromatic carbocycles. The Balaban J connectivity index is 1.74. The summed E-state index contributed by atoms with van der Waals surface area (Å²) in [5, 5.41) is 11.3. The van der Waals surface area contributed by atoms with Crippen molar-refractivity contribution in [2.75, 3.05) is 5.32 Å². The van der Waals surface area contributed by atoms with Gasteiger partial charge >= 0.3 is 0 Å². The summed E-state index contributed by atoms with van der Waals surface area (Å²) in [4.78, 5) is 25.4. The minimum absolute atomic E-state index is 0.118. The molecule has 0 radical (unpaired) electrons. The summed E-state index contributed by atoms with van der Waals surface area (Å²) in [5.74, 6) is -0.282. The molecule has 7 nitrogen and oxygen atoms in total. The van der Waals surface area contributed by atoms with Crippen LogP contribution in [0.25, 0.3) is 16.6 Å². The molecule has 0 aliphatic rings. The zero-order valence-corrected chi connectivity index (χ0v) is 14.4. The summed E-state index contributed by atoms with van der Waals surface area (Å²) in [6, 6.07) is 13.0. The second kappa shape index (κ2) is 6.11. The van der Waals surface area contributed by atoms with Crippen LogP contribution in [-0.4, -0.2) is 25.3 Å². The monoisotopic (exact) mass is 347 g/mol. The summed E-state index contributed by atoms with van der Waals surface area (Å²) in [6.07, 6.45) is 1.48. The van der Waals surface area contributed by atoms with Gasteiger partial charge in [0, 0.05) is 5.69 Å². The first-order chi connectivity index (χ1) is 12.5. The lowest BCUT2D eigenvalue weighted by molar-refractivity contribution is -0.116. The van der Waals surface area contributed by atoms with E-state index in [9.17, 15) is 9.59 Å². The third-order valence-electron chi connectivity index (χ3n) is 4.22. The molecule has 2 heterocycles. The number of hydrogen-bond acceptors (Lipinski definition) is 4. The highest BCUT2D eigenvalue weighted by molar-refractivity contribution is 5.91. The van der Waals surface area contributed by atoms with E-state index in [0.29, 0.717) is 22.2 Å². The number of hydrogen-bond donors (Lipinski definition) is 1. The van der Waals surface area contributed by atoms with E-state index in [0.717, 1.165) is 11.1 Å². The predicted molar refractivity (Wildman–Crippen MR) is 99.3 cm³/mol. The van der Waals surface area contributed by atoms with Crippen LogP contribution in [0.3, 0.4) is 0 Å². The van der Waals surface area contributed by atoms with Crippen LogP contribution in [0.15, 0.2) is 53.5 Å². The fourth-order valence-corrected chi connectivity index (χ4v) is 3.22. The minimum atomic E-state index is -0.282. The SMILES string of the molecule is Cc1cc(C)cc(NC(=O)Cn2c(=O)c3ccccc3n3nncc23)c1. The average molecular weight is 347 g/mol. The van der Waals surface area contributed by atoms with Crippen molar-refractivity contribution in [3.05, 3.63) is 70.1 Å². The first-order valence-corrected chi connectivity index (χ1v) is 8.23. The standard InChI is InChI=1S/C19H17N5O2/c1-12-7-13(2)9-14(8-12)21-17(25)11-23-18-10-20-22-24(18)16-6-4-3-5-15(16)19(23)26/h3-10H,11H2,1-2H3,(H,21,25). The van der Waals surface area contributed by atoms with Crippen molar-refractivity contribution in [2.24, 2.45) is 0 Å². The Morgan fingerprint density at radius 3 is 2.62 bits per heavy atom. The summed E-state index contributed by atoms with van der Waals surface area (Å²) in [7, 11) is 0. The van der Waals surface area contributed by atoms with E-state index >= 15 is 0 Å². The Kier molecular flexibility index (Phi) is 3.76. The number of carbonyl (C=O) groups excluding carboxylic acids is 1.